The van der Waals surface area contributed by atoms with Crippen molar-refractivity contribution < 1.29 is 13.2 Å². The lowest BCUT2D eigenvalue weighted by molar-refractivity contribution is -0.137. The van der Waals surface area contributed by atoms with E-state index in [0.717, 1.165) is 11.6 Å². The van der Waals surface area contributed by atoms with Gasteiger partial charge in [0.2, 0.25) is 0 Å². The summed E-state index contributed by atoms with van der Waals surface area (Å²) in [6.45, 7) is 1.77. The summed E-state index contributed by atoms with van der Waals surface area (Å²) in [5, 5.41) is 3.89. The van der Waals surface area contributed by atoms with Crippen molar-refractivity contribution in [2.24, 2.45) is 0 Å². The maximum Gasteiger partial charge on any atom is 0.418 e. The van der Waals surface area contributed by atoms with Crippen molar-refractivity contribution in [2.45, 2.75) is 13.1 Å². The molecule has 0 aliphatic heterocycles. The van der Waals surface area contributed by atoms with Crippen molar-refractivity contribution in [3.05, 3.63) is 46.2 Å². The molecule has 0 fully saturated rings. The van der Waals surface area contributed by atoms with E-state index in [0.29, 0.717) is 4.47 Å². The lowest BCUT2D eigenvalue weighted by Gasteiger charge is -2.13. The van der Waals surface area contributed by atoms with Crippen LogP contribution in [0.1, 0.15) is 11.1 Å². The molecular formula is C11H8BrF3N2. The molecule has 0 unspecified atom stereocenters. The maximum absolute atomic E-state index is 12.9. The average molecular weight is 305 g/mol. The van der Waals surface area contributed by atoms with Gasteiger partial charge in [-0.1, -0.05) is 15.9 Å². The summed E-state index contributed by atoms with van der Waals surface area (Å²) in [7, 11) is 0. The third kappa shape index (κ3) is 2.52. The molecule has 2 aromatic rings. The van der Waals surface area contributed by atoms with Gasteiger partial charge < -0.3 is 0 Å². The van der Waals surface area contributed by atoms with E-state index < -0.39 is 11.7 Å². The van der Waals surface area contributed by atoms with Crippen LogP contribution in [-0.4, -0.2) is 9.78 Å². The predicted molar refractivity (Wildman–Crippen MR) is 61.0 cm³/mol. The molecule has 0 aliphatic rings. The molecule has 90 valence electrons. The second-order valence-corrected chi connectivity index (χ2v) is 4.54. The molecule has 0 amide bonds. The molecule has 0 spiro atoms. The van der Waals surface area contributed by atoms with E-state index in [9.17, 15) is 13.2 Å². The van der Waals surface area contributed by atoms with E-state index in [1.807, 2.05) is 0 Å². The molecule has 17 heavy (non-hydrogen) atoms. The molecule has 2 rings (SSSR count). The van der Waals surface area contributed by atoms with Gasteiger partial charge in [-0.25, -0.2) is 4.68 Å². The number of aromatic nitrogens is 2. The minimum atomic E-state index is -4.40. The monoisotopic (exact) mass is 304 g/mol. The van der Waals surface area contributed by atoms with E-state index in [1.54, 1.807) is 19.2 Å². The molecule has 1 heterocycles. The zero-order valence-corrected chi connectivity index (χ0v) is 10.4. The lowest BCUT2D eigenvalue weighted by atomic mass is 10.1. The van der Waals surface area contributed by atoms with E-state index in [4.69, 9.17) is 0 Å². The first-order chi connectivity index (χ1) is 7.88. The Balaban J connectivity index is 2.61. The molecule has 0 saturated carbocycles. The summed E-state index contributed by atoms with van der Waals surface area (Å²) in [6.07, 6.45) is -1.33. The normalized spacial score (nSPS) is 11.8. The van der Waals surface area contributed by atoms with Crippen molar-refractivity contribution in [3.8, 4) is 5.69 Å². The molecule has 1 aromatic heterocycles. The smallest absolute Gasteiger partial charge is 0.240 e. The fourth-order valence-electron chi connectivity index (χ4n) is 1.48. The largest absolute Gasteiger partial charge is 0.418 e. The van der Waals surface area contributed by atoms with Crippen molar-refractivity contribution >= 4 is 15.9 Å². The summed E-state index contributed by atoms with van der Waals surface area (Å²) < 4.78 is 40.2. The first-order valence-electron chi connectivity index (χ1n) is 4.76. The van der Waals surface area contributed by atoms with Crippen LogP contribution in [0.15, 0.2) is 35.1 Å². The van der Waals surface area contributed by atoms with E-state index >= 15 is 0 Å². The lowest BCUT2D eigenvalue weighted by Crippen LogP contribution is -2.11. The van der Waals surface area contributed by atoms with Crippen LogP contribution in [0.5, 0.6) is 0 Å². The number of halogens is 4. The van der Waals surface area contributed by atoms with Gasteiger partial charge in [-0.15, -0.1) is 0 Å². The van der Waals surface area contributed by atoms with Gasteiger partial charge in [-0.05, 0) is 30.7 Å². The van der Waals surface area contributed by atoms with Crippen LogP contribution in [0.4, 0.5) is 13.2 Å². The summed E-state index contributed by atoms with van der Waals surface area (Å²) in [6, 6.07) is 3.99. The average Bonchev–Trinajstić information content (AvgIpc) is 2.63. The molecule has 2 nitrogen and oxygen atoms in total. The molecule has 0 saturated heterocycles. The Morgan fingerprint density at radius 1 is 1.29 bits per heavy atom. The summed E-state index contributed by atoms with van der Waals surface area (Å²) >= 11 is 3.04. The predicted octanol–water partition coefficient (Wildman–Crippen LogP) is 3.96. The number of rotatable bonds is 1. The first-order valence-corrected chi connectivity index (χ1v) is 5.55. The van der Waals surface area contributed by atoms with E-state index in [2.05, 4.69) is 21.0 Å². The third-order valence-corrected chi connectivity index (χ3v) is 2.72. The van der Waals surface area contributed by atoms with Crippen LogP contribution in [0, 0.1) is 6.92 Å². The highest BCUT2D eigenvalue weighted by Gasteiger charge is 2.34. The molecule has 1 aromatic carbocycles. The topological polar surface area (TPSA) is 17.8 Å². The highest BCUT2D eigenvalue weighted by Crippen LogP contribution is 2.35. The van der Waals surface area contributed by atoms with Crippen LogP contribution in [0.25, 0.3) is 5.69 Å². The van der Waals surface area contributed by atoms with Gasteiger partial charge >= 0.3 is 6.18 Å². The Morgan fingerprint density at radius 3 is 2.53 bits per heavy atom. The molecule has 0 radical (unpaired) electrons. The molecule has 0 N–H and O–H groups in total. The first kappa shape index (κ1) is 12.2. The number of alkyl halides is 3. The summed E-state index contributed by atoms with van der Waals surface area (Å²) in [4.78, 5) is 0. The zero-order valence-electron chi connectivity index (χ0n) is 8.79. The minimum Gasteiger partial charge on any atom is -0.240 e. The second kappa shape index (κ2) is 4.18. The minimum absolute atomic E-state index is 0.0220. The Kier molecular flexibility index (Phi) is 2.99. The van der Waals surface area contributed by atoms with Gasteiger partial charge in [-0.2, -0.15) is 18.3 Å². The molecule has 0 aliphatic carbocycles. The molecule has 0 atom stereocenters. The van der Waals surface area contributed by atoms with Crippen molar-refractivity contribution in [1.29, 1.82) is 0 Å². The summed E-state index contributed by atoms with van der Waals surface area (Å²) in [5.74, 6) is 0. The van der Waals surface area contributed by atoms with Gasteiger partial charge in [0.1, 0.15) is 0 Å². The van der Waals surface area contributed by atoms with Gasteiger partial charge in [0.05, 0.1) is 17.4 Å². The fraction of sp³-hybridized carbons (Fsp3) is 0.182. The zero-order chi connectivity index (χ0) is 12.6. The van der Waals surface area contributed by atoms with Crippen molar-refractivity contribution in [3.63, 3.8) is 0 Å². The molecular weight excluding hydrogens is 297 g/mol. The Bertz CT molecular complexity index is 546. The number of hydrogen-bond donors (Lipinski definition) is 0. The quantitative estimate of drug-likeness (QED) is 0.780. The Labute approximate surface area is 104 Å². The standard InChI is InChI=1S/C11H8BrF3N2/c1-7-5-16-17(6-7)10-3-2-8(12)4-9(10)11(13,14)15/h2-6H,1H3. The third-order valence-electron chi connectivity index (χ3n) is 2.22. The summed E-state index contributed by atoms with van der Waals surface area (Å²) in [5.41, 5.74) is 0.116. The van der Waals surface area contributed by atoms with Crippen molar-refractivity contribution in [1.82, 2.24) is 9.78 Å². The van der Waals surface area contributed by atoms with E-state index in [1.165, 1.54) is 16.9 Å². The fourth-order valence-corrected chi connectivity index (χ4v) is 1.84. The van der Waals surface area contributed by atoms with Crippen LogP contribution in [0.2, 0.25) is 0 Å². The SMILES string of the molecule is Cc1cnn(-c2ccc(Br)cc2C(F)(F)F)c1. The van der Waals surface area contributed by atoms with Gasteiger partial charge in [0.25, 0.3) is 0 Å². The highest BCUT2D eigenvalue weighted by atomic mass is 79.9. The second-order valence-electron chi connectivity index (χ2n) is 3.62. The number of nitrogens with zero attached hydrogens (tertiary/aromatic N) is 2. The van der Waals surface area contributed by atoms with Crippen LogP contribution < -0.4 is 0 Å². The van der Waals surface area contributed by atoms with Crippen LogP contribution >= 0.6 is 15.9 Å². The maximum atomic E-state index is 12.9. The van der Waals surface area contributed by atoms with Crippen LogP contribution in [0.3, 0.4) is 0 Å². The number of benzene rings is 1. The highest BCUT2D eigenvalue weighted by molar-refractivity contribution is 9.10. The van der Waals surface area contributed by atoms with Gasteiger partial charge in [-0.3, -0.25) is 0 Å². The Hall–Kier alpha value is -1.30. The molecule has 6 heteroatoms. The van der Waals surface area contributed by atoms with E-state index in [-0.39, 0.29) is 5.69 Å². The molecule has 0 bridgehead atoms. The van der Waals surface area contributed by atoms with Gasteiger partial charge in [0, 0.05) is 10.7 Å². The Morgan fingerprint density at radius 2 is 2.00 bits per heavy atom. The number of hydrogen-bond acceptors (Lipinski definition) is 1. The van der Waals surface area contributed by atoms with Crippen LogP contribution in [-0.2, 0) is 6.18 Å². The number of aryl methyl sites for hydroxylation is 1. The van der Waals surface area contributed by atoms with Gasteiger partial charge in [0.15, 0.2) is 0 Å². The van der Waals surface area contributed by atoms with Crippen molar-refractivity contribution in [2.75, 3.05) is 0 Å².